The zero-order valence-corrected chi connectivity index (χ0v) is 12.9. The Morgan fingerprint density at radius 3 is 2.35 bits per heavy atom. The lowest BCUT2D eigenvalue weighted by Crippen LogP contribution is -2.15. The van der Waals surface area contributed by atoms with Crippen molar-refractivity contribution in [3.63, 3.8) is 0 Å². The van der Waals surface area contributed by atoms with Gasteiger partial charge in [-0.3, -0.25) is 4.79 Å². The van der Waals surface area contributed by atoms with Crippen LogP contribution in [-0.4, -0.2) is 25.7 Å². The molecule has 0 aromatic heterocycles. The van der Waals surface area contributed by atoms with E-state index in [1.54, 1.807) is 0 Å². The highest BCUT2D eigenvalue weighted by atomic mass is 32.2. The first-order chi connectivity index (χ1) is 9.34. The molecule has 20 heavy (non-hydrogen) atoms. The van der Waals surface area contributed by atoms with Crippen molar-refractivity contribution in [2.45, 2.75) is 39.0 Å². The van der Waals surface area contributed by atoms with Crippen LogP contribution in [0, 0.1) is 0 Å². The number of benzene rings is 1. The van der Waals surface area contributed by atoms with Gasteiger partial charge in [0.25, 0.3) is 0 Å². The molecule has 1 aromatic rings. The third-order valence-electron chi connectivity index (χ3n) is 3.25. The fraction of sp³-hybridized carbons (Fsp3) is 0.533. The van der Waals surface area contributed by atoms with Gasteiger partial charge in [0.2, 0.25) is 0 Å². The number of carbonyl (C=O) groups excluding carboxylic acids is 1. The van der Waals surface area contributed by atoms with Gasteiger partial charge in [-0.05, 0) is 30.0 Å². The van der Waals surface area contributed by atoms with Crippen LogP contribution in [0.3, 0.4) is 0 Å². The van der Waals surface area contributed by atoms with Crippen molar-refractivity contribution >= 4 is 21.3 Å². The highest BCUT2D eigenvalue weighted by Gasteiger charge is 2.15. The number of carbonyl (C=O) groups is 1. The van der Waals surface area contributed by atoms with Crippen molar-refractivity contribution < 1.29 is 13.2 Å². The minimum Gasteiger partial charge on any atom is -0.399 e. The molecule has 2 N–H and O–H groups in total. The average molecular weight is 297 g/mol. The number of nitrogen functional groups attached to an aromatic ring is 1. The van der Waals surface area contributed by atoms with E-state index >= 15 is 0 Å². The van der Waals surface area contributed by atoms with Gasteiger partial charge in [0, 0.05) is 24.3 Å². The Morgan fingerprint density at radius 1 is 1.20 bits per heavy atom. The van der Waals surface area contributed by atoms with Crippen LogP contribution in [0.4, 0.5) is 5.69 Å². The molecule has 0 heterocycles. The van der Waals surface area contributed by atoms with Crippen LogP contribution in [0.5, 0.6) is 0 Å². The van der Waals surface area contributed by atoms with E-state index in [2.05, 4.69) is 0 Å². The maximum Gasteiger partial charge on any atom is 0.150 e. The molecule has 1 unspecified atom stereocenters. The third-order valence-corrected chi connectivity index (χ3v) is 5.10. The summed E-state index contributed by atoms with van der Waals surface area (Å²) in [7, 11) is -3.07. The van der Waals surface area contributed by atoms with Crippen molar-refractivity contribution in [2.24, 2.45) is 0 Å². The molecule has 0 saturated carbocycles. The summed E-state index contributed by atoms with van der Waals surface area (Å²) in [6, 6.07) is 7.42. The van der Waals surface area contributed by atoms with E-state index < -0.39 is 9.84 Å². The van der Waals surface area contributed by atoms with Crippen molar-refractivity contribution in [1.29, 1.82) is 0 Å². The molecule has 0 saturated heterocycles. The second-order valence-electron chi connectivity index (χ2n) is 5.21. The lowest BCUT2D eigenvalue weighted by molar-refractivity contribution is -0.119. The van der Waals surface area contributed by atoms with E-state index in [9.17, 15) is 13.2 Å². The number of hydrogen-bond acceptors (Lipinski definition) is 4. The molecule has 0 spiro atoms. The van der Waals surface area contributed by atoms with Gasteiger partial charge in [0.05, 0.1) is 5.75 Å². The Bertz CT molecular complexity index is 535. The number of anilines is 1. The topological polar surface area (TPSA) is 77.2 Å². The molecule has 0 aliphatic heterocycles. The summed E-state index contributed by atoms with van der Waals surface area (Å²) in [6.07, 6.45) is 1.07. The maximum absolute atomic E-state index is 11.9. The molecule has 1 aromatic carbocycles. The summed E-state index contributed by atoms with van der Waals surface area (Å²) in [6.45, 7) is 3.78. The van der Waals surface area contributed by atoms with Crippen LogP contribution in [0.2, 0.25) is 0 Å². The lowest BCUT2D eigenvalue weighted by atomic mass is 9.95. The first kappa shape index (κ1) is 16.7. The van der Waals surface area contributed by atoms with E-state index in [0.29, 0.717) is 18.5 Å². The number of sulfone groups is 1. The Kier molecular flexibility index (Phi) is 6.20. The molecule has 0 aliphatic rings. The van der Waals surface area contributed by atoms with Crippen LogP contribution in [0.25, 0.3) is 0 Å². The number of nitrogens with two attached hydrogens (primary N) is 1. The van der Waals surface area contributed by atoms with Crippen LogP contribution in [0.15, 0.2) is 24.3 Å². The largest absolute Gasteiger partial charge is 0.399 e. The maximum atomic E-state index is 11.9. The SMILES string of the molecule is CCCS(=O)(=O)CCC(=O)CC(C)c1ccc(N)cc1. The molecular formula is C15H23NO3S. The fourth-order valence-corrected chi connectivity index (χ4v) is 3.43. The standard InChI is InChI=1S/C15H23NO3S/c1-3-9-20(18,19)10-8-15(17)11-12(2)13-4-6-14(16)7-5-13/h4-7,12H,3,8-11,16H2,1-2H3. The predicted octanol–water partition coefficient (Wildman–Crippen LogP) is 2.55. The number of ketones is 1. The van der Waals surface area contributed by atoms with Gasteiger partial charge in [0.1, 0.15) is 5.78 Å². The molecule has 5 heteroatoms. The normalized spacial score (nSPS) is 13.1. The van der Waals surface area contributed by atoms with Crippen molar-refractivity contribution in [1.82, 2.24) is 0 Å². The molecule has 0 aliphatic carbocycles. The van der Waals surface area contributed by atoms with E-state index in [1.165, 1.54) is 0 Å². The Labute approximate surface area is 121 Å². The summed E-state index contributed by atoms with van der Waals surface area (Å²) in [5.74, 6) is 0.202. The van der Waals surface area contributed by atoms with Crippen molar-refractivity contribution in [3.8, 4) is 0 Å². The molecule has 112 valence electrons. The van der Waals surface area contributed by atoms with E-state index in [-0.39, 0.29) is 29.6 Å². The van der Waals surface area contributed by atoms with Gasteiger partial charge >= 0.3 is 0 Å². The van der Waals surface area contributed by atoms with Crippen LogP contribution >= 0.6 is 0 Å². The molecule has 1 atom stereocenters. The molecule has 0 bridgehead atoms. The summed E-state index contributed by atoms with van der Waals surface area (Å²) < 4.78 is 23.1. The Balaban J connectivity index is 2.48. The third kappa shape index (κ3) is 5.74. The second-order valence-corrected chi connectivity index (χ2v) is 7.52. The predicted molar refractivity (Wildman–Crippen MR) is 82.5 cm³/mol. The van der Waals surface area contributed by atoms with Crippen LogP contribution in [0.1, 0.15) is 44.6 Å². The van der Waals surface area contributed by atoms with Crippen molar-refractivity contribution in [3.05, 3.63) is 29.8 Å². The summed E-state index contributed by atoms with van der Waals surface area (Å²) in [5, 5.41) is 0. The van der Waals surface area contributed by atoms with Gasteiger partial charge in [-0.25, -0.2) is 8.42 Å². The van der Waals surface area contributed by atoms with Crippen LogP contribution in [-0.2, 0) is 14.6 Å². The summed E-state index contributed by atoms with van der Waals surface area (Å²) in [5.41, 5.74) is 7.36. The minimum absolute atomic E-state index is 0.00555. The van der Waals surface area contributed by atoms with Gasteiger partial charge < -0.3 is 5.73 Å². The van der Waals surface area contributed by atoms with E-state index in [1.807, 2.05) is 38.1 Å². The van der Waals surface area contributed by atoms with E-state index in [4.69, 9.17) is 5.73 Å². The fourth-order valence-electron chi connectivity index (χ4n) is 2.07. The van der Waals surface area contributed by atoms with Crippen molar-refractivity contribution in [2.75, 3.05) is 17.2 Å². The molecule has 0 amide bonds. The number of rotatable bonds is 8. The highest BCUT2D eigenvalue weighted by molar-refractivity contribution is 7.91. The molecular weight excluding hydrogens is 274 g/mol. The van der Waals surface area contributed by atoms with Gasteiger partial charge in [-0.2, -0.15) is 0 Å². The van der Waals surface area contributed by atoms with E-state index in [0.717, 1.165) is 5.56 Å². The smallest absolute Gasteiger partial charge is 0.150 e. The first-order valence-electron chi connectivity index (χ1n) is 6.91. The summed E-state index contributed by atoms with van der Waals surface area (Å²) in [4.78, 5) is 11.9. The zero-order chi connectivity index (χ0) is 15.2. The molecule has 1 rings (SSSR count). The number of Topliss-reactive ketones (excluding diaryl/α,β-unsaturated/α-hetero) is 1. The molecule has 0 fully saturated rings. The monoisotopic (exact) mass is 297 g/mol. The lowest BCUT2D eigenvalue weighted by Gasteiger charge is -2.11. The Morgan fingerprint density at radius 2 is 1.80 bits per heavy atom. The van der Waals surface area contributed by atoms with Gasteiger partial charge in [-0.15, -0.1) is 0 Å². The average Bonchev–Trinajstić information content (AvgIpc) is 2.37. The quantitative estimate of drug-likeness (QED) is 0.748. The first-order valence-corrected chi connectivity index (χ1v) is 8.73. The zero-order valence-electron chi connectivity index (χ0n) is 12.1. The minimum atomic E-state index is -3.07. The second kappa shape index (κ2) is 7.43. The number of hydrogen-bond donors (Lipinski definition) is 1. The van der Waals surface area contributed by atoms with Gasteiger partial charge in [0.15, 0.2) is 9.84 Å². The molecule has 4 nitrogen and oxygen atoms in total. The van der Waals surface area contributed by atoms with Crippen LogP contribution < -0.4 is 5.73 Å². The van der Waals surface area contributed by atoms with Gasteiger partial charge in [-0.1, -0.05) is 26.0 Å². The molecule has 0 radical (unpaired) electrons. The summed E-state index contributed by atoms with van der Waals surface area (Å²) >= 11 is 0. The Hall–Kier alpha value is -1.36. The highest BCUT2D eigenvalue weighted by Crippen LogP contribution is 2.21.